The first-order valence-corrected chi connectivity index (χ1v) is 7.73. The molecule has 6 heteroatoms. The van der Waals surface area contributed by atoms with Gasteiger partial charge in [0.1, 0.15) is 0 Å². The zero-order valence-electron chi connectivity index (χ0n) is 13.2. The van der Waals surface area contributed by atoms with Crippen molar-refractivity contribution >= 4 is 24.2 Å². The summed E-state index contributed by atoms with van der Waals surface area (Å²) in [6.45, 7) is 4.82. The van der Waals surface area contributed by atoms with Crippen molar-refractivity contribution in [1.82, 2.24) is 10.6 Å². The van der Waals surface area contributed by atoms with Crippen molar-refractivity contribution in [1.29, 1.82) is 0 Å². The van der Waals surface area contributed by atoms with Crippen molar-refractivity contribution in [3.63, 3.8) is 0 Å². The van der Waals surface area contributed by atoms with Crippen LogP contribution in [0.2, 0.25) is 0 Å². The van der Waals surface area contributed by atoms with E-state index in [4.69, 9.17) is 5.73 Å². The molecule has 1 fully saturated rings. The standard InChI is InChI=1S/C15H29N3O2.ClH/c1-12(2)18-13(19)6-9-17-14(20)10-15(11-16)7-4-3-5-8-15;/h12H,3-11,16H2,1-2H3,(H,17,20)(H,18,19);1H. The Bertz CT molecular complexity index is 329. The van der Waals surface area contributed by atoms with E-state index in [1.807, 2.05) is 13.8 Å². The first kappa shape index (κ1) is 20.2. The summed E-state index contributed by atoms with van der Waals surface area (Å²) in [6, 6.07) is 0.140. The van der Waals surface area contributed by atoms with Crippen LogP contribution in [0, 0.1) is 5.41 Å². The lowest BCUT2D eigenvalue weighted by Gasteiger charge is -2.35. The Morgan fingerprint density at radius 3 is 2.29 bits per heavy atom. The summed E-state index contributed by atoms with van der Waals surface area (Å²) in [7, 11) is 0. The van der Waals surface area contributed by atoms with Gasteiger partial charge in [0.15, 0.2) is 0 Å². The Morgan fingerprint density at radius 1 is 1.14 bits per heavy atom. The smallest absolute Gasteiger partial charge is 0.221 e. The molecule has 2 amide bonds. The quantitative estimate of drug-likeness (QED) is 0.668. The highest BCUT2D eigenvalue weighted by molar-refractivity contribution is 5.85. The summed E-state index contributed by atoms with van der Waals surface area (Å²) in [5.41, 5.74) is 5.86. The summed E-state index contributed by atoms with van der Waals surface area (Å²) >= 11 is 0. The maximum Gasteiger partial charge on any atom is 0.221 e. The van der Waals surface area contributed by atoms with Gasteiger partial charge in [-0.2, -0.15) is 0 Å². The van der Waals surface area contributed by atoms with Gasteiger partial charge in [0, 0.05) is 25.4 Å². The number of carbonyl (C=O) groups is 2. The van der Waals surface area contributed by atoms with Crippen molar-refractivity contribution in [3.05, 3.63) is 0 Å². The van der Waals surface area contributed by atoms with Gasteiger partial charge in [-0.25, -0.2) is 0 Å². The van der Waals surface area contributed by atoms with Gasteiger partial charge in [-0.15, -0.1) is 12.4 Å². The van der Waals surface area contributed by atoms with Gasteiger partial charge >= 0.3 is 0 Å². The third kappa shape index (κ3) is 7.67. The third-order valence-electron chi connectivity index (χ3n) is 4.01. The van der Waals surface area contributed by atoms with E-state index >= 15 is 0 Å². The molecule has 0 bridgehead atoms. The normalized spacial score (nSPS) is 17.0. The molecule has 0 saturated heterocycles. The predicted octanol–water partition coefficient (Wildman–Crippen LogP) is 1.74. The largest absolute Gasteiger partial charge is 0.356 e. The van der Waals surface area contributed by atoms with Gasteiger partial charge < -0.3 is 16.4 Å². The molecule has 0 radical (unpaired) electrons. The van der Waals surface area contributed by atoms with Crippen LogP contribution in [0.1, 0.15) is 58.8 Å². The van der Waals surface area contributed by atoms with Crippen molar-refractivity contribution in [3.8, 4) is 0 Å². The summed E-state index contributed by atoms with van der Waals surface area (Å²) in [4.78, 5) is 23.4. The fourth-order valence-corrected chi connectivity index (χ4v) is 2.87. The minimum atomic E-state index is -0.0218. The number of nitrogens with one attached hydrogen (secondary N) is 2. The van der Waals surface area contributed by atoms with Crippen molar-refractivity contribution < 1.29 is 9.59 Å². The maximum absolute atomic E-state index is 12.0. The summed E-state index contributed by atoms with van der Waals surface area (Å²) < 4.78 is 0. The zero-order valence-corrected chi connectivity index (χ0v) is 14.1. The van der Waals surface area contributed by atoms with Crippen LogP contribution in [0.15, 0.2) is 0 Å². The molecule has 21 heavy (non-hydrogen) atoms. The zero-order chi connectivity index (χ0) is 15.0. The fraction of sp³-hybridized carbons (Fsp3) is 0.867. The highest BCUT2D eigenvalue weighted by Crippen LogP contribution is 2.38. The third-order valence-corrected chi connectivity index (χ3v) is 4.01. The minimum Gasteiger partial charge on any atom is -0.356 e. The van der Waals surface area contributed by atoms with Crippen molar-refractivity contribution in [2.45, 2.75) is 64.8 Å². The molecule has 1 aliphatic carbocycles. The molecule has 0 heterocycles. The molecule has 0 aromatic carbocycles. The molecule has 1 rings (SSSR count). The van der Waals surface area contributed by atoms with Crippen molar-refractivity contribution in [2.75, 3.05) is 13.1 Å². The van der Waals surface area contributed by atoms with Gasteiger partial charge in [-0.1, -0.05) is 19.3 Å². The minimum absolute atomic E-state index is 0. The second kappa shape index (κ2) is 10.0. The van der Waals surface area contributed by atoms with Gasteiger partial charge in [0.2, 0.25) is 11.8 Å². The topological polar surface area (TPSA) is 84.2 Å². The molecule has 0 aliphatic heterocycles. The first-order chi connectivity index (χ1) is 9.47. The second-order valence-corrected chi connectivity index (χ2v) is 6.26. The number of rotatable bonds is 7. The maximum atomic E-state index is 12.0. The number of halogens is 1. The van der Waals surface area contributed by atoms with Crippen LogP contribution in [0.5, 0.6) is 0 Å². The Morgan fingerprint density at radius 2 is 1.76 bits per heavy atom. The van der Waals surface area contributed by atoms with E-state index in [2.05, 4.69) is 10.6 Å². The summed E-state index contributed by atoms with van der Waals surface area (Å²) in [6.07, 6.45) is 6.51. The Labute approximate surface area is 134 Å². The SMILES string of the molecule is CC(C)NC(=O)CCNC(=O)CC1(CN)CCCCC1.Cl. The average molecular weight is 320 g/mol. The molecule has 4 N–H and O–H groups in total. The van der Waals surface area contributed by atoms with E-state index in [1.165, 1.54) is 19.3 Å². The molecule has 0 aromatic heterocycles. The number of amides is 2. The molecule has 1 saturated carbocycles. The predicted molar refractivity (Wildman–Crippen MR) is 87.3 cm³/mol. The van der Waals surface area contributed by atoms with E-state index in [0.29, 0.717) is 25.9 Å². The summed E-state index contributed by atoms with van der Waals surface area (Å²) in [5.74, 6) is 0.00111. The lowest BCUT2D eigenvalue weighted by Crippen LogP contribution is -2.39. The van der Waals surface area contributed by atoms with Gasteiger partial charge in [0.25, 0.3) is 0 Å². The van der Waals surface area contributed by atoms with Crippen LogP contribution in [0.3, 0.4) is 0 Å². The lowest BCUT2D eigenvalue weighted by molar-refractivity contribution is -0.124. The van der Waals surface area contributed by atoms with Gasteiger partial charge in [0.05, 0.1) is 0 Å². The number of hydrogen-bond acceptors (Lipinski definition) is 3. The van der Waals surface area contributed by atoms with Crippen LogP contribution in [0.4, 0.5) is 0 Å². The number of nitrogens with two attached hydrogens (primary N) is 1. The Kier molecular flexibility index (Phi) is 9.62. The van der Waals surface area contributed by atoms with Crippen LogP contribution in [-0.2, 0) is 9.59 Å². The van der Waals surface area contributed by atoms with E-state index < -0.39 is 0 Å². The van der Waals surface area contributed by atoms with Gasteiger partial charge in [-0.3, -0.25) is 9.59 Å². The number of carbonyl (C=O) groups excluding carboxylic acids is 2. The van der Waals surface area contributed by atoms with E-state index in [-0.39, 0.29) is 35.7 Å². The lowest BCUT2D eigenvalue weighted by atomic mass is 9.71. The molecule has 1 aliphatic rings. The number of hydrogen-bond donors (Lipinski definition) is 3. The van der Waals surface area contributed by atoms with Crippen LogP contribution < -0.4 is 16.4 Å². The molecular weight excluding hydrogens is 290 g/mol. The van der Waals surface area contributed by atoms with Crippen LogP contribution in [0.25, 0.3) is 0 Å². The first-order valence-electron chi connectivity index (χ1n) is 7.73. The van der Waals surface area contributed by atoms with E-state index in [1.54, 1.807) is 0 Å². The molecule has 0 spiro atoms. The Hall–Kier alpha value is -0.810. The average Bonchev–Trinajstić information content (AvgIpc) is 2.38. The highest BCUT2D eigenvalue weighted by Gasteiger charge is 2.32. The molecule has 5 nitrogen and oxygen atoms in total. The van der Waals surface area contributed by atoms with E-state index in [0.717, 1.165) is 12.8 Å². The molecule has 0 aromatic rings. The van der Waals surface area contributed by atoms with Crippen LogP contribution in [-0.4, -0.2) is 30.9 Å². The summed E-state index contributed by atoms with van der Waals surface area (Å²) in [5, 5.41) is 5.64. The molecule has 124 valence electrons. The molecular formula is C15H30ClN3O2. The Balaban J connectivity index is 0.00000400. The van der Waals surface area contributed by atoms with Crippen molar-refractivity contribution in [2.24, 2.45) is 11.1 Å². The molecule has 0 unspecified atom stereocenters. The highest BCUT2D eigenvalue weighted by atomic mass is 35.5. The van der Waals surface area contributed by atoms with Crippen LogP contribution >= 0.6 is 12.4 Å². The second-order valence-electron chi connectivity index (χ2n) is 6.26. The monoisotopic (exact) mass is 319 g/mol. The molecule has 0 atom stereocenters. The fourth-order valence-electron chi connectivity index (χ4n) is 2.87. The van der Waals surface area contributed by atoms with Gasteiger partial charge in [-0.05, 0) is 38.6 Å². The van der Waals surface area contributed by atoms with E-state index in [9.17, 15) is 9.59 Å².